The fourth-order valence-electron chi connectivity index (χ4n) is 5.57. The lowest BCUT2D eigenvalue weighted by atomic mass is 9.80. The van der Waals surface area contributed by atoms with Crippen LogP contribution in [-0.2, 0) is 26.5 Å². The first-order valence-corrected chi connectivity index (χ1v) is 14.5. The molecular weight excluding hydrogens is 526 g/mol. The molecule has 2 atom stereocenters. The zero-order valence-electron chi connectivity index (χ0n) is 24.5. The van der Waals surface area contributed by atoms with Crippen LogP contribution in [0.1, 0.15) is 60.9 Å². The Morgan fingerprint density at radius 2 is 1.29 bits per heavy atom. The fourth-order valence-corrected chi connectivity index (χ4v) is 5.57. The summed E-state index contributed by atoms with van der Waals surface area (Å²) in [5, 5.41) is 12.4. The molecule has 0 aliphatic carbocycles. The second-order valence-electron chi connectivity index (χ2n) is 11.7. The summed E-state index contributed by atoms with van der Waals surface area (Å²) in [6.07, 6.45) is -0.779. The van der Waals surface area contributed by atoms with Crippen LogP contribution in [0.5, 0.6) is 0 Å². The minimum atomic E-state index is -0.792. The van der Waals surface area contributed by atoms with Crippen molar-refractivity contribution in [2.45, 2.75) is 57.0 Å². The minimum absolute atomic E-state index is 0.0597. The van der Waals surface area contributed by atoms with Crippen molar-refractivity contribution in [1.82, 2.24) is 5.06 Å². The number of β-amino-alcohol motifs (C(OH)–C–C–N with tert-alkyl or cyclic N) is 1. The first-order chi connectivity index (χ1) is 20.2. The number of benzene rings is 4. The molecule has 6 nitrogen and oxygen atoms in total. The number of aliphatic hydroxyl groups excluding tert-OH is 1. The lowest BCUT2D eigenvalue weighted by molar-refractivity contribution is -0.170. The van der Waals surface area contributed by atoms with E-state index >= 15 is 0 Å². The van der Waals surface area contributed by atoms with Gasteiger partial charge in [-0.2, -0.15) is 0 Å². The zero-order valence-corrected chi connectivity index (χ0v) is 24.5. The molecular formula is C36H39NO5. The highest BCUT2D eigenvalue weighted by atomic mass is 16.8. The van der Waals surface area contributed by atoms with Crippen LogP contribution in [0.3, 0.4) is 0 Å². The largest absolute Gasteiger partial charge is 0.528 e. The number of piperidine rings is 1. The van der Waals surface area contributed by atoms with E-state index in [2.05, 4.69) is 60.7 Å². The Balaban J connectivity index is 1.32. The molecule has 4 aromatic carbocycles. The van der Waals surface area contributed by atoms with Crippen molar-refractivity contribution in [3.8, 4) is 0 Å². The molecule has 4 aromatic rings. The summed E-state index contributed by atoms with van der Waals surface area (Å²) in [4.78, 5) is 17.4. The van der Waals surface area contributed by atoms with E-state index in [0.717, 1.165) is 27.8 Å². The molecule has 0 saturated carbocycles. The molecule has 1 heterocycles. The second-order valence-corrected chi connectivity index (χ2v) is 11.7. The molecule has 1 saturated heterocycles. The predicted molar refractivity (Wildman–Crippen MR) is 163 cm³/mol. The van der Waals surface area contributed by atoms with Crippen molar-refractivity contribution in [2.24, 2.45) is 0 Å². The van der Waals surface area contributed by atoms with Crippen LogP contribution in [0, 0.1) is 0 Å². The number of carbonyl (C=O) groups excluding carboxylic acids is 1. The summed E-state index contributed by atoms with van der Waals surface area (Å²) in [6, 6.07) is 39.3. The highest BCUT2D eigenvalue weighted by molar-refractivity contribution is 5.60. The average Bonchev–Trinajstić information content (AvgIpc) is 2.99. The van der Waals surface area contributed by atoms with Gasteiger partial charge in [0.15, 0.2) is 0 Å². The van der Waals surface area contributed by atoms with Crippen molar-refractivity contribution in [1.29, 1.82) is 0 Å². The summed E-state index contributed by atoms with van der Waals surface area (Å²) in [5.41, 5.74) is 3.82. The number of ether oxygens (including phenoxy) is 2. The lowest BCUT2D eigenvalue weighted by Crippen LogP contribution is -2.44. The molecule has 1 fully saturated rings. The summed E-state index contributed by atoms with van der Waals surface area (Å²) in [5.74, 6) is -0.0597. The fraction of sp³-hybridized carbons (Fsp3) is 0.306. The third kappa shape index (κ3) is 6.90. The molecule has 0 bridgehead atoms. The molecule has 0 radical (unpaired) electrons. The summed E-state index contributed by atoms with van der Waals surface area (Å²) in [7, 11) is 0. The smallest absolute Gasteiger partial charge is 0.427 e. The molecule has 1 aliphatic heterocycles. The Morgan fingerprint density at radius 1 is 0.786 bits per heavy atom. The van der Waals surface area contributed by atoms with Crippen LogP contribution in [0.25, 0.3) is 0 Å². The molecule has 1 N–H and O–H groups in total. The first-order valence-electron chi connectivity index (χ1n) is 14.5. The number of hydroxylamine groups is 2. The maximum atomic E-state index is 12.0. The van der Waals surface area contributed by atoms with Gasteiger partial charge in [-0.25, -0.2) is 4.79 Å². The van der Waals surface area contributed by atoms with Gasteiger partial charge in [0.05, 0.1) is 19.3 Å². The number of carbonyl (C=O) groups is 1. The van der Waals surface area contributed by atoms with Crippen LogP contribution in [0.2, 0.25) is 0 Å². The molecule has 1 aliphatic rings. The van der Waals surface area contributed by atoms with Gasteiger partial charge >= 0.3 is 6.16 Å². The van der Waals surface area contributed by atoms with Gasteiger partial charge in [-0.3, -0.25) is 0 Å². The van der Waals surface area contributed by atoms with Crippen molar-refractivity contribution < 1.29 is 24.2 Å². The molecule has 42 heavy (non-hydrogen) atoms. The summed E-state index contributed by atoms with van der Waals surface area (Å²) in [6.45, 7) is 6.49. The van der Waals surface area contributed by atoms with E-state index in [4.69, 9.17) is 14.3 Å². The van der Waals surface area contributed by atoms with Gasteiger partial charge in [0.25, 0.3) is 0 Å². The topological polar surface area (TPSA) is 68.2 Å². The SMILES string of the molecule is CC(C)(C)OC(=O)ON1CCC(c2ccc(COC(c3ccccc3)(c3ccccc3)c3ccccc3)cc2)C(O)C1. The summed E-state index contributed by atoms with van der Waals surface area (Å²) >= 11 is 0. The van der Waals surface area contributed by atoms with E-state index in [9.17, 15) is 9.90 Å². The number of hydrogen-bond acceptors (Lipinski definition) is 6. The molecule has 0 aromatic heterocycles. The quantitative estimate of drug-likeness (QED) is 0.180. The highest BCUT2D eigenvalue weighted by Crippen LogP contribution is 2.41. The zero-order chi connectivity index (χ0) is 29.6. The number of aliphatic hydroxyl groups is 1. The maximum absolute atomic E-state index is 12.0. The van der Waals surface area contributed by atoms with Gasteiger partial charge in [-0.1, -0.05) is 115 Å². The van der Waals surface area contributed by atoms with E-state index in [1.54, 1.807) is 20.8 Å². The van der Waals surface area contributed by atoms with Gasteiger partial charge < -0.3 is 19.4 Å². The van der Waals surface area contributed by atoms with E-state index in [1.165, 1.54) is 5.06 Å². The Labute approximate surface area is 248 Å². The van der Waals surface area contributed by atoms with Crippen LogP contribution >= 0.6 is 0 Å². The molecule has 2 unspecified atom stereocenters. The van der Waals surface area contributed by atoms with Gasteiger partial charge in [0, 0.05) is 12.5 Å². The van der Waals surface area contributed by atoms with Crippen molar-refractivity contribution in [3.63, 3.8) is 0 Å². The van der Waals surface area contributed by atoms with Crippen LogP contribution in [0.4, 0.5) is 4.79 Å². The normalized spacial score (nSPS) is 17.9. The van der Waals surface area contributed by atoms with Crippen LogP contribution < -0.4 is 0 Å². The minimum Gasteiger partial charge on any atom is -0.427 e. The van der Waals surface area contributed by atoms with Gasteiger partial charge in [0.1, 0.15) is 11.2 Å². The second kappa shape index (κ2) is 12.9. The Bertz CT molecular complexity index is 1320. The average molecular weight is 566 g/mol. The third-order valence-electron chi connectivity index (χ3n) is 7.54. The highest BCUT2D eigenvalue weighted by Gasteiger charge is 2.37. The number of hydrogen-bond donors (Lipinski definition) is 1. The Hall–Kier alpha value is -3.97. The van der Waals surface area contributed by atoms with Crippen LogP contribution in [-0.4, -0.2) is 41.1 Å². The van der Waals surface area contributed by atoms with Crippen molar-refractivity contribution in [3.05, 3.63) is 143 Å². The van der Waals surface area contributed by atoms with Gasteiger partial charge in [0.2, 0.25) is 0 Å². The third-order valence-corrected chi connectivity index (χ3v) is 7.54. The molecule has 6 heteroatoms. The van der Waals surface area contributed by atoms with E-state index in [1.807, 2.05) is 54.6 Å². The lowest BCUT2D eigenvalue weighted by Gasteiger charge is -2.36. The molecule has 0 amide bonds. The molecule has 5 rings (SSSR count). The van der Waals surface area contributed by atoms with Gasteiger partial charge in [-0.05, 0) is 55.0 Å². The maximum Gasteiger partial charge on any atom is 0.528 e. The molecule has 218 valence electrons. The Morgan fingerprint density at radius 3 is 1.74 bits per heavy atom. The standard InChI is InChI=1S/C36H39NO5/c1-35(2,3)41-34(39)42-37-24-23-32(33(38)25-37)28-21-19-27(20-22-28)26-40-36(29-13-7-4-8-14-29,30-15-9-5-10-16-30)31-17-11-6-12-18-31/h4-22,32-33,38H,23-26H2,1-3H3. The van der Waals surface area contributed by atoms with Gasteiger partial charge in [-0.15, -0.1) is 5.06 Å². The number of nitrogens with zero attached hydrogens (tertiary/aromatic N) is 1. The van der Waals surface area contributed by atoms with E-state index < -0.39 is 23.5 Å². The van der Waals surface area contributed by atoms with Crippen molar-refractivity contribution >= 4 is 6.16 Å². The van der Waals surface area contributed by atoms with E-state index in [-0.39, 0.29) is 12.5 Å². The monoisotopic (exact) mass is 565 g/mol. The molecule has 0 spiro atoms. The summed E-state index contributed by atoms with van der Waals surface area (Å²) < 4.78 is 12.2. The van der Waals surface area contributed by atoms with Crippen molar-refractivity contribution in [2.75, 3.05) is 13.1 Å². The van der Waals surface area contributed by atoms with Crippen LogP contribution in [0.15, 0.2) is 115 Å². The first kappa shape index (κ1) is 29.5. The predicted octanol–water partition coefficient (Wildman–Crippen LogP) is 7.21. The van der Waals surface area contributed by atoms with E-state index in [0.29, 0.717) is 19.6 Å². The number of rotatable bonds is 8. The Kier molecular flexibility index (Phi) is 9.07.